The van der Waals surface area contributed by atoms with Crippen molar-refractivity contribution in [2.45, 2.75) is 31.2 Å². The molecule has 1 aliphatic carbocycles. The number of fused-ring (bicyclic) bond motifs is 2. The number of carboxylic acids is 1. The first-order chi connectivity index (χ1) is 14.4. The van der Waals surface area contributed by atoms with Crippen LogP contribution < -0.4 is 10.1 Å². The predicted molar refractivity (Wildman–Crippen MR) is 108 cm³/mol. The molecule has 156 valence electrons. The number of carbonyl (C=O) groups excluding carboxylic acids is 2. The third-order valence-corrected chi connectivity index (χ3v) is 5.86. The van der Waals surface area contributed by atoms with Gasteiger partial charge >= 0.3 is 5.97 Å². The quantitative estimate of drug-likeness (QED) is 0.652. The second-order valence-corrected chi connectivity index (χ2v) is 7.54. The molecule has 1 spiro atoms. The highest BCUT2D eigenvalue weighted by Gasteiger charge is 2.51. The lowest BCUT2D eigenvalue weighted by molar-refractivity contribution is -0.138. The molecule has 1 saturated carbocycles. The van der Waals surface area contributed by atoms with Gasteiger partial charge in [-0.15, -0.1) is 0 Å². The molecule has 1 amide bonds. The number of hydrogen-bond donors (Lipinski definition) is 3. The van der Waals surface area contributed by atoms with Gasteiger partial charge in [-0.25, -0.2) is 0 Å². The van der Waals surface area contributed by atoms with Gasteiger partial charge in [-0.3, -0.25) is 14.4 Å². The molecular weight excluding hydrogens is 388 g/mol. The lowest BCUT2D eigenvalue weighted by atomic mass is 9.82. The second-order valence-electron chi connectivity index (χ2n) is 7.54. The minimum absolute atomic E-state index is 0.370. The zero-order chi connectivity index (χ0) is 21.5. The maximum Gasteiger partial charge on any atom is 0.322 e. The molecule has 1 fully saturated rings. The normalized spacial score (nSPS) is 17.2. The van der Waals surface area contributed by atoms with Crippen molar-refractivity contribution in [2.24, 2.45) is 0 Å². The number of aliphatic hydroxyl groups excluding tert-OH is 1. The van der Waals surface area contributed by atoms with Gasteiger partial charge in [0.1, 0.15) is 23.4 Å². The van der Waals surface area contributed by atoms with Crippen LogP contribution in [0.5, 0.6) is 5.75 Å². The number of aromatic nitrogens is 1. The number of hydrogen-bond acceptors (Lipinski definition) is 5. The summed E-state index contributed by atoms with van der Waals surface area (Å²) >= 11 is 0. The van der Waals surface area contributed by atoms with Crippen molar-refractivity contribution in [3.05, 3.63) is 47.7 Å². The van der Waals surface area contributed by atoms with Crippen molar-refractivity contribution >= 4 is 23.4 Å². The monoisotopic (exact) mass is 410 g/mol. The number of methoxy groups -OCH3 is 1. The number of amides is 1. The van der Waals surface area contributed by atoms with Crippen LogP contribution in [0.4, 0.5) is 0 Å². The number of Topliss-reactive ketones (excluding diaryl/α,β-unsaturated/α-hetero) is 1. The van der Waals surface area contributed by atoms with Crippen molar-refractivity contribution in [1.29, 1.82) is 0 Å². The number of rotatable bonds is 5. The molecule has 0 atom stereocenters. The molecule has 0 radical (unpaired) electrons. The van der Waals surface area contributed by atoms with Gasteiger partial charge in [0.2, 0.25) is 0 Å². The van der Waals surface area contributed by atoms with Gasteiger partial charge < -0.3 is 24.8 Å². The van der Waals surface area contributed by atoms with Crippen LogP contribution in [0.15, 0.2) is 42.0 Å². The van der Waals surface area contributed by atoms with Gasteiger partial charge in [-0.05, 0) is 37.1 Å². The van der Waals surface area contributed by atoms with E-state index in [9.17, 15) is 19.5 Å². The largest absolute Gasteiger partial charge is 0.505 e. The Hall–Kier alpha value is -3.55. The van der Waals surface area contributed by atoms with Crippen LogP contribution in [0, 0.1) is 0 Å². The van der Waals surface area contributed by atoms with Gasteiger partial charge in [-0.1, -0.05) is 25.0 Å². The number of ether oxygens (including phenoxy) is 1. The van der Waals surface area contributed by atoms with E-state index in [1.54, 1.807) is 13.2 Å². The van der Waals surface area contributed by atoms with E-state index in [2.05, 4.69) is 5.32 Å². The molecule has 8 heteroatoms. The number of ketones is 1. The number of benzene rings is 1. The molecule has 2 aliphatic rings. The highest BCUT2D eigenvalue weighted by Crippen LogP contribution is 2.48. The van der Waals surface area contributed by atoms with Crippen LogP contribution in [0.3, 0.4) is 0 Å². The summed E-state index contributed by atoms with van der Waals surface area (Å²) in [6.45, 7) is -0.633. The topological polar surface area (TPSA) is 118 Å². The molecule has 8 nitrogen and oxygen atoms in total. The lowest BCUT2D eigenvalue weighted by Gasteiger charge is -2.37. The maximum atomic E-state index is 13.5. The number of aliphatic carboxylic acids is 1. The SMILES string of the molecule is COc1cccc(-c2ccc3n2C2(CCCC2)C(=O)C(C(=O)NCC(=O)O)=C3O)c1. The Morgan fingerprint density at radius 3 is 2.53 bits per heavy atom. The summed E-state index contributed by atoms with van der Waals surface area (Å²) in [5.74, 6) is -2.35. The van der Waals surface area contributed by atoms with E-state index in [4.69, 9.17) is 9.84 Å². The Labute approximate surface area is 172 Å². The van der Waals surface area contributed by atoms with E-state index in [-0.39, 0.29) is 5.57 Å². The van der Waals surface area contributed by atoms with Gasteiger partial charge in [0.05, 0.1) is 12.8 Å². The Morgan fingerprint density at radius 2 is 1.87 bits per heavy atom. The van der Waals surface area contributed by atoms with Crippen LogP contribution in [0.2, 0.25) is 0 Å². The first-order valence-electron chi connectivity index (χ1n) is 9.74. The summed E-state index contributed by atoms with van der Waals surface area (Å²) in [6, 6.07) is 10.9. The maximum absolute atomic E-state index is 13.5. The minimum atomic E-state index is -1.23. The molecular formula is C22H22N2O6. The fourth-order valence-corrected chi connectivity index (χ4v) is 4.53. The standard InChI is InChI=1S/C22H22N2O6/c1-30-14-6-4-5-13(11-14)15-7-8-16-19(27)18(21(29)23-12-17(25)26)20(28)22(24(15)16)9-2-3-10-22/h4-8,11,27H,2-3,9-10,12H2,1H3,(H,23,29)(H,25,26). The van der Waals surface area contributed by atoms with Crippen LogP contribution in [-0.2, 0) is 19.9 Å². The first kappa shape index (κ1) is 19.8. The first-order valence-corrected chi connectivity index (χ1v) is 9.74. The summed E-state index contributed by atoms with van der Waals surface area (Å²) in [5.41, 5.74) is 0.581. The van der Waals surface area contributed by atoms with E-state index >= 15 is 0 Å². The third-order valence-electron chi connectivity index (χ3n) is 5.86. The summed E-state index contributed by atoms with van der Waals surface area (Å²) in [5, 5.41) is 21.9. The minimum Gasteiger partial charge on any atom is -0.505 e. The van der Waals surface area contributed by atoms with E-state index in [1.165, 1.54) is 0 Å². The molecule has 0 bridgehead atoms. The summed E-state index contributed by atoms with van der Waals surface area (Å²) in [7, 11) is 1.57. The third kappa shape index (κ3) is 2.96. The zero-order valence-electron chi connectivity index (χ0n) is 16.5. The fraction of sp³-hybridized carbons (Fsp3) is 0.318. The summed E-state index contributed by atoms with van der Waals surface area (Å²) in [4.78, 5) is 37.0. The average molecular weight is 410 g/mol. The molecule has 1 aliphatic heterocycles. The molecule has 3 N–H and O–H groups in total. The number of carbonyl (C=O) groups is 3. The zero-order valence-corrected chi connectivity index (χ0v) is 16.5. The molecule has 4 rings (SSSR count). The van der Waals surface area contributed by atoms with Gasteiger partial charge in [0.15, 0.2) is 11.5 Å². The average Bonchev–Trinajstić information content (AvgIpc) is 3.39. The molecule has 0 unspecified atom stereocenters. The summed E-state index contributed by atoms with van der Waals surface area (Å²) in [6.07, 6.45) is 2.69. The molecule has 1 aromatic heterocycles. The number of carboxylic acid groups (broad SMARTS) is 1. The van der Waals surface area contributed by atoms with Crippen LogP contribution in [-0.4, -0.2) is 46.1 Å². The van der Waals surface area contributed by atoms with Gasteiger partial charge in [0, 0.05) is 11.3 Å². The van der Waals surface area contributed by atoms with E-state index in [0.29, 0.717) is 24.3 Å². The Morgan fingerprint density at radius 1 is 1.17 bits per heavy atom. The van der Waals surface area contributed by atoms with Crippen LogP contribution in [0.25, 0.3) is 17.0 Å². The molecule has 2 heterocycles. The van der Waals surface area contributed by atoms with Crippen molar-refractivity contribution in [2.75, 3.05) is 13.7 Å². The van der Waals surface area contributed by atoms with Crippen molar-refractivity contribution in [1.82, 2.24) is 9.88 Å². The molecule has 30 heavy (non-hydrogen) atoms. The Kier molecular flexibility index (Phi) is 4.85. The van der Waals surface area contributed by atoms with Crippen molar-refractivity contribution in [3.63, 3.8) is 0 Å². The highest BCUT2D eigenvalue weighted by atomic mass is 16.5. The van der Waals surface area contributed by atoms with E-state index in [1.807, 2.05) is 34.9 Å². The Balaban J connectivity index is 1.89. The van der Waals surface area contributed by atoms with E-state index in [0.717, 1.165) is 24.1 Å². The van der Waals surface area contributed by atoms with Crippen LogP contribution in [0.1, 0.15) is 31.4 Å². The Bertz CT molecular complexity index is 1080. The molecule has 0 saturated heterocycles. The van der Waals surface area contributed by atoms with Gasteiger partial charge in [0.25, 0.3) is 5.91 Å². The molecule has 1 aromatic carbocycles. The highest BCUT2D eigenvalue weighted by molar-refractivity contribution is 6.27. The summed E-state index contributed by atoms with van der Waals surface area (Å²) < 4.78 is 7.15. The number of nitrogens with one attached hydrogen (secondary N) is 1. The second kappa shape index (κ2) is 7.37. The van der Waals surface area contributed by atoms with Crippen molar-refractivity contribution in [3.8, 4) is 17.0 Å². The van der Waals surface area contributed by atoms with Crippen LogP contribution >= 0.6 is 0 Å². The number of nitrogens with zero attached hydrogens (tertiary/aromatic N) is 1. The van der Waals surface area contributed by atoms with Gasteiger partial charge in [-0.2, -0.15) is 0 Å². The lowest BCUT2D eigenvalue weighted by Crippen LogP contribution is -2.48. The smallest absolute Gasteiger partial charge is 0.322 e. The van der Waals surface area contributed by atoms with E-state index < -0.39 is 35.5 Å². The predicted octanol–water partition coefficient (Wildman–Crippen LogP) is 2.49. The fourth-order valence-electron chi connectivity index (χ4n) is 4.53. The number of aliphatic hydroxyl groups is 1. The molecule has 2 aromatic rings. The van der Waals surface area contributed by atoms with Crippen molar-refractivity contribution < 1.29 is 29.3 Å².